The lowest BCUT2D eigenvalue weighted by Crippen LogP contribution is -2.44. The van der Waals surface area contributed by atoms with Crippen molar-refractivity contribution in [3.8, 4) is 0 Å². The van der Waals surface area contributed by atoms with E-state index >= 15 is 0 Å². The lowest BCUT2D eigenvalue weighted by molar-refractivity contribution is -0.180. The molecule has 0 atom stereocenters. The van der Waals surface area contributed by atoms with Gasteiger partial charge in [-0.1, -0.05) is 0 Å². The Morgan fingerprint density at radius 3 is 1.82 bits per heavy atom. The van der Waals surface area contributed by atoms with Crippen molar-refractivity contribution < 1.29 is 22.6 Å². The van der Waals surface area contributed by atoms with Gasteiger partial charge in [0.25, 0.3) is 0 Å². The molecule has 0 aliphatic heterocycles. The van der Waals surface area contributed by atoms with Crippen LogP contribution in [0.4, 0.5) is 13.2 Å². The first kappa shape index (κ1) is 16.7. The third-order valence-electron chi connectivity index (χ3n) is 2.20. The Balaban J connectivity index is 4.38. The molecule has 0 amide bonds. The van der Waals surface area contributed by atoms with E-state index in [1.165, 1.54) is 4.90 Å². The summed E-state index contributed by atoms with van der Waals surface area (Å²) in [5.74, 6) is 0. The first-order chi connectivity index (χ1) is 7.80. The van der Waals surface area contributed by atoms with Crippen molar-refractivity contribution in [1.29, 1.82) is 0 Å². The van der Waals surface area contributed by atoms with E-state index in [0.29, 0.717) is 13.2 Å². The molecule has 0 saturated heterocycles. The van der Waals surface area contributed by atoms with Crippen LogP contribution in [0.3, 0.4) is 0 Å². The highest BCUT2D eigenvalue weighted by atomic mass is 19.4. The zero-order valence-electron chi connectivity index (χ0n) is 10.9. The first-order valence-electron chi connectivity index (χ1n) is 5.84. The zero-order valence-corrected chi connectivity index (χ0v) is 10.9. The Labute approximate surface area is 101 Å². The predicted octanol–water partition coefficient (Wildman–Crippen LogP) is 2.66. The van der Waals surface area contributed by atoms with E-state index in [-0.39, 0.29) is 12.6 Å². The fourth-order valence-electron chi connectivity index (χ4n) is 1.41. The van der Waals surface area contributed by atoms with Gasteiger partial charge >= 0.3 is 6.18 Å². The molecule has 0 radical (unpaired) electrons. The molecule has 0 fully saturated rings. The van der Waals surface area contributed by atoms with Gasteiger partial charge in [-0.15, -0.1) is 0 Å². The summed E-state index contributed by atoms with van der Waals surface area (Å²) >= 11 is 0. The monoisotopic (exact) mass is 257 g/mol. The fourth-order valence-corrected chi connectivity index (χ4v) is 1.41. The molecule has 0 spiro atoms. The molecule has 0 heterocycles. The molecule has 0 unspecified atom stereocenters. The summed E-state index contributed by atoms with van der Waals surface area (Å²) in [7, 11) is 0. The Morgan fingerprint density at radius 2 is 1.53 bits per heavy atom. The number of alkyl halides is 3. The van der Waals surface area contributed by atoms with Crippen LogP contribution >= 0.6 is 0 Å². The van der Waals surface area contributed by atoms with Crippen LogP contribution in [-0.2, 0) is 9.47 Å². The molecular weight excluding hydrogens is 235 g/mol. The minimum atomic E-state index is -4.20. The van der Waals surface area contributed by atoms with E-state index in [2.05, 4.69) is 0 Å². The summed E-state index contributed by atoms with van der Waals surface area (Å²) in [6, 6.07) is -0.208. The molecule has 0 aliphatic carbocycles. The minimum absolute atomic E-state index is 0.124. The van der Waals surface area contributed by atoms with Crippen LogP contribution in [-0.4, -0.2) is 49.7 Å². The highest BCUT2D eigenvalue weighted by Crippen LogP contribution is 2.18. The number of nitrogens with zero attached hydrogens (tertiary/aromatic N) is 1. The number of halogens is 3. The van der Waals surface area contributed by atoms with Crippen LogP contribution < -0.4 is 0 Å². The third-order valence-corrected chi connectivity index (χ3v) is 2.20. The van der Waals surface area contributed by atoms with E-state index in [1.807, 2.05) is 0 Å². The molecule has 0 saturated carbocycles. The Kier molecular flexibility index (Phi) is 7.74. The summed E-state index contributed by atoms with van der Waals surface area (Å²) in [5, 5.41) is 0. The number of hydrogen-bond donors (Lipinski definition) is 0. The summed E-state index contributed by atoms with van der Waals surface area (Å²) in [6.45, 7) is 7.04. The molecular formula is C11H22F3NO2. The topological polar surface area (TPSA) is 21.7 Å². The second-order valence-corrected chi connectivity index (χ2v) is 3.98. The van der Waals surface area contributed by atoms with E-state index < -0.39 is 19.0 Å². The van der Waals surface area contributed by atoms with E-state index in [9.17, 15) is 13.2 Å². The average Bonchev–Trinajstić information content (AvgIpc) is 2.15. The van der Waals surface area contributed by atoms with Gasteiger partial charge in [0.05, 0.1) is 13.1 Å². The summed E-state index contributed by atoms with van der Waals surface area (Å²) < 4.78 is 47.6. The van der Waals surface area contributed by atoms with E-state index in [4.69, 9.17) is 9.47 Å². The van der Waals surface area contributed by atoms with Gasteiger partial charge in [0.2, 0.25) is 0 Å². The van der Waals surface area contributed by atoms with Crippen molar-refractivity contribution in [1.82, 2.24) is 4.90 Å². The SMILES string of the molecule is CCOC(CN(CC(F)(F)F)C(C)C)OCC. The first-order valence-corrected chi connectivity index (χ1v) is 5.84. The lowest BCUT2D eigenvalue weighted by Gasteiger charge is -2.30. The molecule has 3 nitrogen and oxygen atoms in total. The highest BCUT2D eigenvalue weighted by Gasteiger charge is 2.32. The molecule has 17 heavy (non-hydrogen) atoms. The maximum absolute atomic E-state index is 12.4. The van der Waals surface area contributed by atoms with Gasteiger partial charge in [-0.2, -0.15) is 13.2 Å². The Morgan fingerprint density at radius 1 is 1.06 bits per heavy atom. The molecule has 0 rings (SSSR count). The number of ether oxygens (including phenoxy) is 2. The van der Waals surface area contributed by atoms with Crippen LogP contribution in [0.1, 0.15) is 27.7 Å². The van der Waals surface area contributed by atoms with Gasteiger partial charge < -0.3 is 9.47 Å². The van der Waals surface area contributed by atoms with E-state index in [1.54, 1.807) is 27.7 Å². The van der Waals surface area contributed by atoms with Crippen molar-refractivity contribution in [3.05, 3.63) is 0 Å². The zero-order chi connectivity index (χ0) is 13.5. The van der Waals surface area contributed by atoms with Crippen LogP contribution in [0.25, 0.3) is 0 Å². The predicted molar refractivity (Wildman–Crippen MR) is 59.8 cm³/mol. The second-order valence-electron chi connectivity index (χ2n) is 3.98. The Bertz CT molecular complexity index is 192. The smallest absolute Gasteiger partial charge is 0.352 e. The molecule has 0 aliphatic rings. The summed E-state index contributed by atoms with van der Waals surface area (Å²) in [5.41, 5.74) is 0. The standard InChI is InChI=1S/C11H22F3NO2/c1-5-16-10(17-6-2)7-15(9(3)4)8-11(12,13)14/h9-10H,5-8H2,1-4H3. The Hall–Kier alpha value is -0.330. The van der Waals surface area contributed by atoms with Gasteiger partial charge in [0.1, 0.15) is 0 Å². The maximum Gasteiger partial charge on any atom is 0.401 e. The van der Waals surface area contributed by atoms with Gasteiger partial charge in [-0.25, -0.2) is 0 Å². The van der Waals surface area contributed by atoms with Crippen LogP contribution in [0.15, 0.2) is 0 Å². The maximum atomic E-state index is 12.4. The number of rotatable bonds is 8. The molecule has 104 valence electrons. The summed E-state index contributed by atoms with van der Waals surface area (Å²) in [6.07, 6.45) is -4.80. The van der Waals surface area contributed by atoms with Crippen LogP contribution in [0.5, 0.6) is 0 Å². The van der Waals surface area contributed by atoms with Crippen molar-refractivity contribution in [2.24, 2.45) is 0 Å². The summed E-state index contributed by atoms with van der Waals surface area (Å²) in [4.78, 5) is 1.30. The molecule has 6 heteroatoms. The van der Waals surface area contributed by atoms with Crippen molar-refractivity contribution in [2.75, 3.05) is 26.3 Å². The van der Waals surface area contributed by atoms with Gasteiger partial charge in [0, 0.05) is 19.3 Å². The van der Waals surface area contributed by atoms with Gasteiger partial charge in [-0.3, -0.25) is 4.90 Å². The molecule has 0 bridgehead atoms. The van der Waals surface area contributed by atoms with Gasteiger partial charge in [-0.05, 0) is 27.7 Å². The molecule has 0 aromatic rings. The minimum Gasteiger partial charge on any atom is -0.352 e. The van der Waals surface area contributed by atoms with Crippen LogP contribution in [0.2, 0.25) is 0 Å². The van der Waals surface area contributed by atoms with Crippen molar-refractivity contribution in [3.63, 3.8) is 0 Å². The fraction of sp³-hybridized carbons (Fsp3) is 1.00. The van der Waals surface area contributed by atoms with Gasteiger partial charge in [0.15, 0.2) is 6.29 Å². The molecule has 0 N–H and O–H groups in total. The molecule has 0 aromatic carbocycles. The third kappa shape index (κ3) is 8.40. The average molecular weight is 257 g/mol. The number of hydrogen-bond acceptors (Lipinski definition) is 3. The lowest BCUT2D eigenvalue weighted by atomic mass is 10.3. The van der Waals surface area contributed by atoms with E-state index in [0.717, 1.165) is 0 Å². The quantitative estimate of drug-likeness (QED) is 0.624. The van der Waals surface area contributed by atoms with Crippen molar-refractivity contribution >= 4 is 0 Å². The second kappa shape index (κ2) is 7.89. The normalized spacial score (nSPS) is 13.1. The largest absolute Gasteiger partial charge is 0.401 e. The molecule has 0 aromatic heterocycles. The van der Waals surface area contributed by atoms with Crippen LogP contribution in [0, 0.1) is 0 Å². The van der Waals surface area contributed by atoms with Crippen molar-refractivity contribution in [2.45, 2.75) is 46.2 Å². The highest BCUT2D eigenvalue weighted by molar-refractivity contribution is 4.69.